The second kappa shape index (κ2) is 10.2. The molecule has 0 saturated carbocycles. The van der Waals surface area contributed by atoms with Gasteiger partial charge in [0.15, 0.2) is 23.9 Å². The molecule has 0 aliphatic rings. The van der Waals surface area contributed by atoms with Crippen molar-refractivity contribution in [3.63, 3.8) is 0 Å². The minimum absolute atomic E-state index is 0.117. The summed E-state index contributed by atoms with van der Waals surface area (Å²) in [6.45, 7) is 2.54. The van der Waals surface area contributed by atoms with E-state index in [9.17, 15) is 4.79 Å². The Balaban J connectivity index is 1.61. The molecule has 1 N–H and O–H groups in total. The molecule has 0 radical (unpaired) electrons. The van der Waals surface area contributed by atoms with Crippen molar-refractivity contribution < 1.29 is 19.0 Å². The molecular formula is C20H20BrN3O4S. The Bertz CT molecular complexity index is 963. The summed E-state index contributed by atoms with van der Waals surface area (Å²) in [4.78, 5) is 16.5. The number of rotatable bonds is 9. The van der Waals surface area contributed by atoms with Gasteiger partial charge in [-0.2, -0.15) is 9.36 Å². The van der Waals surface area contributed by atoms with Crippen molar-refractivity contribution in [1.82, 2.24) is 9.36 Å². The molecule has 0 atom stereocenters. The number of amides is 1. The number of nitrogens with zero attached hydrogens (tertiary/aromatic N) is 2. The van der Waals surface area contributed by atoms with E-state index in [1.165, 1.54) is 0 Å². The number of nitrogens with one attached hydrogen (secondary N) is 1. The maximum absolute atomic E-state index is 12.1. The van der Waals surface area contributed by atoms with Gasteiger partial charge in [-0.25, -0.2) is 0 Å². The number of halogens is 1. The van der Waals surface area contributed by atoms with Crippen molar-refractivity contribution in [2.45, 2.75) is 13.3 Å². The summed E-state index contributed by atoms with van der Waals surface area (Å²) in [5, 5.41) is 3.10. The fourth-order valence-electron chi connectivity index (χ4n) is 2.36. The maximum Gasteiger partial charge on any atom is 0.264 e. The summed E-state index contributed by atoms with van der Waals surface area (Å²) in [5.41, 5.74) is 0.772. The second-order valence-corrected chi connectivity index (χ2v) is 7.60. The number of anilines is 1. The summed E-state index contributed by atoms with van der Waals surface area (Å²) in [6.07, 6.45) is 0.910. The fraction of sp³-hybridized carbons (Fsp3) is 0.250. The van der Waals surface area contributed by atoms with Gasteiger partial charge in [-0.05, 0) is 48.9 Å². The van der Waals surface area contributed by atoms with Crippen LogP contribution in [0.25, 0.3) is 11.4 Å². The number of methoxy groups -OCH3 is 1. The minimum atomic E-state index is -0.309. The van der Waals surface area contributed by atoms with E-state index in [0.717, 1.165) is 28.0 Å². The highest BCUT2D eigenvalue weighted by molar-refractivity contribution is 9.10. The van der Waals surface area contributed by atoms with Crippen LogP contribution in [0.2, 0.25) is 0 Å². The molecule has 0 bridgehead atoms. The summed E-state index contributed by atoms with van der Waals surface area (Å²) in [7, 11) is 1.59. The standard InChI is InChI=1S/C20H20BrN3O4S/c1-3-10-27-16-9-4-13(11-17(16)26-2)19-23-20(29-24-19)22-18(25)12-28-15-7-5-14(21)6-8-15/h4-9,11H,3,10,12H2,1-2H3,(H,22,23,24,25). The number of carbonyl (C=O) groups excluding carboxylic acids is 1. The van der Waals surface area contributed by atoms with Crippen molar-refractivity contribution in [3.8, 4) is 28.6 Å². The van der Waals surface area contributed by atoms with E-state index in [2.05, 4.69) is 30.6 Å². The third kappa shape index (κ3) is 5.91. The molecule has 7 nitrogen and oxygen atoms in total. The van der Waals surface area contributed by atoms with Crippen molar-refractivity contribution in [1.29, 1.82) is 0 Å². The largest absolute Gasteiger partial charge is 0.493 e. The monoisotopic (exact) mass is 477 g/mol. The Kier molecular flexibility index (Phi) is 7.42. The third-order valence-corrected chi connectivity index (χ3v) is 4.90. The van der Waals surface area contributed by atoms with E-state index < -0.39 is 0 Å². The van der Waals surface area contributed by atoms with Crippen LogP contribution in [0.5, 0.6) is 17.2 Å². The number of hydrogen-bond donors (Lipinski definition) is 1. The molecule has 1 amide bonds. The molecule has 0 saturated heterocycles. The molecule has 29 heavy (non-hydrogen) atoms. The van der Waals surface area contributed by atoms with Crippen molar-refractivity contribution in [2.75, 3.05) is 25.6 Å². The van der Waals surface area contributed by atoms with Gasteiger partial charge in [0.1, 0.15) is 5.75 Å². The summed E-state index contributed by atoms with van der Waals surface area (Å²) in [5.74, 6) is 2.08. The molecule has 0 aliphatic heterocycles. The number of benzene rings is 2. The molecule has 0 unspecified atom stereocenters. The molecule has 1 aromatic heterocycles. The minimum Gasteiger partial charge on any atom is -0.493 e. The van der Waals surface area contributed by atoms with Gasteiger partial charge in [0.25, 0.3) is 5.91 Å². The van der Waals surface area contributed by atoms with Crippen LogP contribution in [0.4, 0.5) is 5.13 Å². The first-order chi connectivity index (χ1) is 14.1. The van der Waals surface area contributed by atoms with E-state index in [0.29, 0.717) is 34.8 Å². The van der Waals surface area contributed by atoms with E-state index in [4.69, 9.17) is 14.2 Å². The van der Waals surface area contributed by atoms with Crippen molar-refractivity contribution in [2.24, 2.45) is 0 Å². The highest BCUT2D eigenvalue weighted by Gasteiger charge is 2.13. The highest BCUT2D eigenvalue weighted by Crippen LogP contribution is 2.32. The van der Waals surface area contributed by atoms with Gasteiger partial charge in [-0.3, -0.25) is 10.1 Å². The first kappa shape index (κ1) is 21.1. The first-order valence-corrected chi connectivity index (χ1v) is 10.5. The van der Waals surface area contributed by atoms with Crippen LogP contribution in [-0.4, -0.2) is 35.6 Å². The van der Waals surface area contributed by atoms with Crippen molar-refractivity contribution >= 4 is 38.5 Å². The lowest BCUT2D eigenvalue weighted by molar-refractivity contribution is -0.118. The Hall–Kier alpha value is -2.65. The van der Waals surface area contributed by atoms with Crippen LogP contribution in [-0.2, 0) is 4.79 Å². The third-order valence-electron chi connectivity index (χ3n) is 3.74. The van der Waals surface area contributed by atoms with Gasteiger partial charge in [-0.1, -0.05) is 22.9 Å². The lowest BCUT2D eigenvalue weighted by Gasteiger charge is -2.10. The Morgan fingerprint density at radius 3 is 2.66 bits per heavy atom. The normalized spacial score (nSPS) is 10.4. The van der Waals surface area contributed by atoms with Crippen LogP contribution < -0.4 is 19.5 Å². The lowest BCUT2D eigenvalue weighted by atomic mass is 10.2. The molecule has 2 aromatic carbocycles. The number of ether oxygens (including phenoxy) is 3. The Morgan fingerprint density at radius 1 is 1.14 bits per heavy atom. The van der Waals surface area contributed by atoms with Crippen LogP contribution in [0, 0.1) is 0 Å². The quantitative estimate of drug-likeness (QED) is 0.477. The highest BCUT2D eigenvalue weighted by atomic mass is 79.9. The fourth-order valence-corrected chi connectivity index (χ4v) is 3.23. The van der Waals surface area contributed by atoms with E-state index >= 15 is 0 Å². The summed E-state index contributed by atoms with van der Waals surface area (Å²) in [6, 6.07) is 12.7. The summed E-state index contributed by atoms with van der Waals surface area (Å²) < 4.78 is 21.8. The smallest absolute Gasteiger partial charge is 0.264 e. The molecule has 3 aromatic rings. The average molecular weight is 478 g/mol. The molecular weight excluding hydrogens is 458 g/mol. The van der Waals surface area contributed by atoms with Gasteiger partial charge in [-0.15, -0.1) is 0 Å². The number of carbonyl (C=O) groups is 1. The van der Waals surface area contributed by atoms with Crippen LogP contribution in [0.1, 0.15) is 13.3 Å². The average Bonchev–Trinajstić information content (AvgIpc) is 3.20. The molecule has 0 spiro atoms. The van der Waals surface area contributed by atoms with Crippen LogP contribution in [0.15, 0.2) is 46.9 Å². The Labute approximate surface area is 181 Å². The zero-order valence-corrected chi connectivity index (χ0v) is 18.4. The van der Waals surface area contributed by atoms with Gasteiger partial charge in [0.05, 0.1) is 13.7 Å². The molecule has 9 heteroatoms. The lowest BCUT2D eigenvalue weighted by Crippen LogP contribution is -2.20. The van der Waals surface area contributed by atoms with Gasteiger partial charge >= 0.3 is 0 Å². The van der Waals surface area contributed by atoms with E-state index in [-0.39, 0.29) is 12.5 Å². The molecule has 1 heterocycles. The Morgan fingerprint density at radius 2 is 1.93 bits per heavy atom. The van der Waals surface area contributed by atoms with Gasteiger partial charge in [0, 0.05) is 21.6 Å². The predicted octanol–water partition coefficient (Wildman–Crippen LogP) is 4.78. The second-order valence-electron chi connectivity index (χ2n) is 5.93. The zero-order valence-electron chi connectivity index (χ0n) is 16.0. The molecule has 0 fully saturated rings. The maximum atomic E-state index is 12.1. The van der Waals surface area contributed by atoms with Gasteiger partial charge in [0.2, 0.25) is 5.13 Å². The summed E-state index contributed by atoms with van der Waals surface area (Å²) >= 11 is 4.45. The van der Waals surface area contributed by atoms with E-state index in [1.807, 2.05) is 37.3 Å². The van der Waals surface area contributed by atoms with Crippen LogP contribution in [0.3, 0.4) is 0 Å². The van der Waals surface area contributed by atoms with E-state index in [1.54, 1.807) is 19.2 Å². The van der Waals surface area contributed by atoms with Crippen LogP contribution >= 0.6 is 27.5 Å². The zero-order chi connectivity index (χ0) is 20.6. The number of aromatic nitrogens is 2. The SMILES string of the molecule is CCCOc1ccc(-c2nsc(NC(=O)COc3ccc(Br)cc3)n2)cc1OC. The van der Waals surface area contributed by atoms with Crippen molar-refractivity contribution in [3.05, 3.63) is 46.9 Å². The number of hydrogen-bond acceptors (Lipinski definition) is 7. The molecule has 0 aliphatic carbocycles. The molecule has 152 valence electrons. The van der Waals surface area contributed by atoms with Gasteiger partial charge < -0.3 is 14.2 Å². The molecule has 3 rings (SSSR count). The predicted molar refractivity (Wildman–Crippen MR) is 116 cm³/mol. The topological polar surface area (TPSA) is 82.6 Å². The first-order valence-electron chi connectivity index (χ1n) is 8.92.